The second kappa shape index (κ2) is 4.53. The van der Waals surface area contributed by atoms with Gasteiger partial charge in [-0.25, -0.2) is 4.98 Å². The molecule has 0 atom stereocenters. The molecule has 0 spiro atoms. The van der Waals surface area contributed by atoms with E-state index in [9.17, 15) is 10.1 Å². The van der Waals surface area contributed by atoms with Crippen molar-refractivity contribution in [1.29, 1.82) is 0 Å². The molecular weight excluding hydrogens is 232 g/mol. The van der Waals surface area contributed by atoms with Crippen molar-refractivity contribution in [3.8, 4) is 0 Å². The zero-order chi connectivity index (χ0) is 13.3. The van der Waals surface area contributed by atoms with Gasteiger partial charge in [0, 0.05) is 36.9 Å². The van der Waals surface area contributed by atoms with E-state index in [-0.39, 0.29) is 16.1 Å². The summed E-state index contributed by atoms with van der Waals surface area (Å²) in [6.45, 7) is 8.27. The van der Waals surface area contributed by atoms with Crippen LogP contribution in [0.4, 0.5) is 11.5 Å². The molecule has 0 saturated carbocycles. The number of aromatic nitrogens is 1. The Labute approximate surface area is 106 Å². The molecule has 0 amide bonds. The monoisotopic (exact) mass is 250 g/mol. The molecule has 18 heavy (non-hydrogen) atoms. The van der Waals surface area contributed by atoms with Gasteiger partial charge in [0.05, 0.1) is 4.92 Å². The third-order valence-electron chi connectivity index (χ3n) is 3.06. The highest BCUT2D eigenvalue weighted by Gasteiger charge is 2.30. The number of aryl methyl sites for hydroxylation is 1. The van der Waals surface area contributed by atoms with Crippen LogP contribution >= 0.6 is 0 Å². The Bertz CT molecular complexity index is 473. The van der Waals surface area contributed by atoms with Crippen LogP contribution in [0.2, 0.25) is 0 Å². The summed E-state index contributed by atoms with van der Waals surface area (Å²) >= 11 is 0. The molecule has 1 aromatic heterocycles. The Kier molecular flexibility index (Phi) is 3.21. The Morgan fingerprint density at radius 3 is 2.83 bits per heavy atom. The van der Waals surface area contributed by atoms with Crippen LogP contribution in [0.5, 0.6) is 0 Å². The first-order chi connectivity index (χ1) is 8.39. The van der Waals surface area contributed by atoms with E-state index in [0.717, 1.165) is 18.8 Å². The summed E-state index contributed by atoms with van der Waals surface area (Å²) in [6.07, 6.45) is 0. The van der Waals surface area contributed by atoms with Gasteiger partial charge >= 0.3 is 5.69 Å². The fourth-order valence-corrected chi connectivity index (χ4v) is 2.23. The molecule has 0 unspecified atom stereocenters. The molecule has 98 valence electrons. The largest absolute Gasteiger partial charge is 0.348 e. The Hall–Kier alpha value is -1.69. The second-order valence-corrected chi connectivity index (χ2v) is 5.28. The van der Waals surface area contributed by atoms with Gasteiger partial charge < -0.3 is 10.2 Å². The molecule has 1 aliphatic rings. The molecule has 1 aromatic rings. The van der Waals surface area contributed by atoms with Crippen molar-refractivity contribution < 1.29 is 4.92 Å². The van der Waals surface area contributed by atoms with Crippen LogP contribution in [-0.2, 0) is 0 Å². The number of nitrogens with zero attached hydrogens (tertiary/aromatic N) is 3. The summed E-state index contributed by atoms with van der Waals surface area (Å²) in [5.41, 5.74) is 0.822. The number of anilines is 1. The Morgan fingerprint density at radius 1 is 1.50 bits per heavy atom. The highest BCUT2D eigenvalue weighted by molar-refractivity contribution is 5.58. The summed E-state index contributed by atoms with van der Waals surface area (Å²) in [5, 5.41) is 14.4. The summed E-state index contributed by atoms with van der Waals surface area (Å²) in [4.78, 5) is 17.0. The zero-order valence-electron chi connectivity index (χ0n) is 10.9. The maximum Gasteiger partial charge on any atom is 0.311 e. The fraction of sp³-hybridized carbons (Fsp3) is 0.583. The maximum absolute atomic E-state index is 11.1. The summed E-state index contributed by atoms with van der Waals surface area (Å²) < 4.78 is 0. The van der Waals surface area contributed by atoms with Crippen LogP contribution in [-0.4, -0.2) is 35.1 Å². The lowest BCUT2D eigenvalue weighted by atomic mass is 10.0. The minimum Gasteiger partial charge on any atom is -0.348 e. The second-order valence-electron chi connectivity index (χ2n) is 5.28. The number of rotatable bonds is 2. The fourth-order valence-electron chi connectivity index (χ4n) is 2.23. The predicted molar refractivity (Wildman–Crippen MR) is 69.9 cm³/mol. The Morgan fingerprint density at radius 2 is 2.22 bits per heavy atom. The molecule has 6 heteroatoms. The van der Waals surface area contributed by atoms with Gasteiger partial charge in [-0.1, -0.05) is 0 Å². The lowest BCUT2D eigenvalue weighted by Gasteiger charge is -2.39. The van der Waals surface area contributed by atoms with Crippen molar-refractivity contribution in [2.75, 3.05) is 24.5 Å². The van der Waals surface area contributed by atoms with Gasteiger partial charge in [-0.3, -0.25) is 10.1 Å². The lowest BCUT2D eigenvalue weighted by Crippen LogP contribution is -2.57. The van der Waals surface area contributed by atoms with Gasteiger partial charge in [-0.15, -0.1) is 0 Å². The molecule has 2 heterocycles. The molecular formula is C12H18N4O2. The highest BCUT2D eigenvalue weighted by atomic mass is 16.6. The van der Waals surface area contributed by atoms with Crippen LogP contribution in [0, 0.1) is 17.0 Å². The van der Waals surface area contributed by atoms with Crippen LogP contribution in [0.1, 0.15) is 19.5 Å². The van der Waals surface area contributed by atoms with Gasteiger partial charge in [0.1, 0.15) is 0 Å². The standard InChI is InChI=1S/C12H18N4O2/c1-9-4-5-10(16(17)18)11(14-9)15-7-6-13-12(2,3)8-15/h4-5,13H,6-8H2,1-3H3. The van der Waals surface area contributed by atoms with E-state index >= 15 is 0 Å². The minimum absolute atomic E-state index is 0.0580. The first kappa shape index (κ1) is 12.8. The van der Waals surface area contributed by atoms with Gasteiger partial charge in [-0.05, 0) is 26.8 Å². The number of nitro groups is 1. The molecule has 1 aliphatic heterocycles. The van der Waals surface area contributed by atoms with E-state index < -0.39 is 0 Å². The molecule has 0 bridgehead atoms. The zero-order valence-corrected chi connectivity index (χ0v) is 10.9. The number of hydrogen-bond donors (Lipinski definition) is 1. The number of nitrogens with one attached hydrogen (secondary N) is 1. The van der Waals surface area contributed by atoms with Gasteiger partial charge in [0.2, 0.25) is 5.82 Å². The van der Waals surface area contributed by atoms with Crippen molar-refractivity contribution in [2.45, 2.75) is 26.3 Å². The molecule has 1 saturated heterocycles. The molecule has 1 fully saturated rings. The molecule has 0 aliphatic carbocycles. The van der Waals surface area contributed by atoms with Crippen molar-refractivity contribution in [1.82, 2.24) is 10.3 Å². The van der Waals surface area contributed by atoms with Crippen LogP contribution < -0.4 is 10.2 Å². The van der Waals surface area contributed by atoms with Gasteiger partial charge in [-0.2, -0.15) is 0 Å². The third-order valence-corrected chi connectivity index (χ3v) is 3.06. The van der Waals surface area contributed by atoms with E-state index in [0.29, 0.717) is 12.4 Å². The van der Waals surface area contributed by atoms with Gasteiger partial charge in [0.25, 0.3) is 0 Å². The first-order valence-corrected chi connectivity index (χ1v) is 6.01. The smallest absolute Gasteiger partial charge is 0.311 e. The number of piperazine rings is 1. The highest BCUT2D eigenvalue weighted by Crippen LogP contribution is 2.28. The maximum atomic E-state index is 11.1. The van der Waals surface area contributed by atoms with E-state index in [2.05, 4.69) is 24.1 Å². The van der Waals surface area contributed by atoms with E-state index in [4.69, 9.17) is 0 Å². The summed E-state index contributed by atoms with van der Waals surface area (Å²) in [7, 11) is 0. The van der Waals surface area contributed by atoms with Crippen molar-refractivity contribution >= 4 is 11.5 Å². The molecule has 2 rings (SSSR count). The predicted octanol–water partition coefficient (Wildman–Crippen LogP) is 1.49. The van der Waals surface area contributed by atoms with Crippen LogP contribution in [0.25, 0.3) is 0 Å². The molecule has 1 N–H and O–H groups in total. The normalized spacial score (nSPS) is 18.7. The lowest BCUT2D eigenvalue weighted by molar-refractivity contribution is -0.384. The summed E-state index contributed by atoms with van der Waals surface area (Å²) in [6, 6.07) is 3.21. The van der Waals surface area contributed by atoms with E-state index in [1.165, 1.54) is 6.07 Å². The molecule has 0 radical (unpaired) electrons. The molecule has 0 aromatic carbocycles. The van der Waals surface area contributed by atoms with Gasteiger partial charge in [0.15, 0.2) is 0 Å². The van der Waals surface area contributed by atoms with Crippen LogP contribution in [0.3, 0.4) is 0 Å². The van der Waals surface area contributed by atoms with Crippen LogP contribution in [0.15, 0.2) is 12.1 Å². The average molecular weight is 250 g/mol. The SMILES string of the molecule is Cc1ccc([N+](=O)[O-])c(N2CCNC(C)(C)C2)n1. The summed E-state index contributed by atoms with van der Waals surface area (Å²) in [5.74, 6) is 0.481. The van der Waals surface area contributed by atoms with E-state index in [1.807, 2.05) is 11.8 Å². The van der Waals surface area contributed by atoms with E-state index in [1.54, 1.807) is 6.07 Å². The quantitative estimate of drug-likeness (QED) is 0.636. The minimum atomic E-state index is -0.364. The molecule has 6 nitrogen and oxygen atoms in total. The number of hydrogen-bond acceptors (Lipinski definition) is 5. The van der Waals surface area contributed by atoms with Crippen molar-refractivity contribution in [3.05, 3.63) is 27.9 Å². The first-order valence-electron chi connectivity index (χ1n) is 6.01. The Balaban J connectivity index is 2.37. The average Bonchev–Trinajstić information content (AvgIpc) is 2.27. The third kappa shape index (κ3) is 2.59. The topological polar surface area (TPSA) is 71.3 Å². The number of pyridine rings is 1. The van der Waals surface area contributed by atoms with Crippen molar-refractivity contribution in [2.24, 2.45) is 0 Å². The van der Waals surface area contributed by atoms with Crippen molar-refractivity contribution in [3.63, 3.8) is 0 Å².